The van der Waals surface area contributed by atoms with Gasteiger partial charge in [0.2, 0.25) is 0 Å². The van der Waals surface area contributed by atoms with Gasteiger partial charge in [-0.25, -0.2) is 0 Å². The van der Waals surface area contributed by atoms with Crippen LogP contribution < -0.4 is 4.74 Å². The average Bonchev–Trinajstić information content (AvgIpc) is 3.47. The second kappa shape index (κ2) is 7.60. The van der Waals surface area contributed by atoms with Crippen LogP contribution in [-0.4, -0.2) is 32.9 Å². The number of carbonyl (C=O) groups is 2. The molecule has 2 aliphatic rings. The van der Waals surface area contributed by atoms with Gasteiger partial charge in [0, 0.05) is 12.0 Å². The number of carbonyl (C=O) groups excluding carboxylic acids is 2. The Hall–Kier alpha value is -4.00. The summed E-state index contributed by atoms with van der Waals surface area (Å²) in [7, 11) is 0. The van der Waals surface area contributed by atoms with Crippen molar-refractivity contribution in [1.29, 1.82) is 0 Å². The third-order valence-electron chi connectivity index (χ3n) is 5.80. The summed E-state index contributed by atoms with van der Waals surface area (Å²) in [6.45, 7) is 2.01. The minimum Gasteiger partial charge on any atom is -0.508 e. The number of benzene rings is 2. The Kier molecular flexibility index (Phi) is 4.74. The zero-order valence-corrected chi connectivity index (χ0v) is 17.3. The molecule has 1 amide bonds. The van der Waals surface area contributed by atoms with Crippen LogP contribution in [-0.2, 0) is 22.6 Å². The molecule has 1 saturated heterocycles. The van der Waals surface area contributed by atoms with E-state index in [0.717, 1.165) is 11.3 Å². The van der Waals surface area contributed by atoms with Crippen molar-refractivity contribution in [3.63, 3.8) is 0 Å². The number of Topliss-reactive ketones (excluding diaryl/α,β-unsaturated/α-hetero) is 1. The Bertz CT molecular complexity index is 1240. The van der Waals surface area contributed by atoms with Gasteiger partial charge in [-0.05, 0) is 60.5 Å². The number of phenols is 1. The van der Waals surface area contributed by atoms with E-state index in [9.17, 15) is 19.8 Å². The molecule has 1 fully saturated rings. The van der Waals surface area contributed by atoms with Crippen LogP contribution in [0.15, 0.2) is 70.9 Å². The zero-order valence-electron chi connectivity index (χ0n) is 17.3. The molecule has 7 heteroatoms. The van der Waals surface area contributed by atoms with Crippen LogP contribution in [0.25, 0.3) is 5.76 Å². The number of rotatable bonds is 4. The SMILES string of the molecule is C[C@@H]1Cc2cc(C(O)=C3C(=O)C(=O)N(Cc4ccco4)[C@@H]3c3cccc(O)c3)ccc2O1. The van der Waals surface area contributed by atoms with Gasteiger partial charge in [0.25, 0.3) is 11.7 Å². The average molecular weight is 431 g/mol. The van der Waals surface area contributed by atoms with E-state index in [1.54, 1.807) is 42.5 Å². The van der Waals surface area contributed by atoms with E-state index in [-0.39, 0.29) is 29.7 Å². The lowest BCUT2D eigenvalue weighted by Gasteiger charge is -2.24. The first-order chi connectivity index (χ1) is 15.4. The highest BCUT2D eigenvalue weighted by molar-refractivity contribution is 6.46. The summed E-state index contributed by atoms with van der Waals surface area (Å²) in [4.78, 5) is 27.4. The number of hydrogen-bond donors (Lipinski definition) is 2. The Morgan fingerprint density at radius 2 is 1.97 bits per heavy atom. The molecule has 32 heavy (non-hydrogen) atoms. The maximum atomic E-state index is 13.1. The molecule has 5 rings (SSSR count). The number of nitrogens with zero attached hydrogens (tertiary/aromatic N) is 1. The quantitative estimate of drug-likeness (QED) is 0.369. The first-order valence-electron chi connectivity index (χ1n) is 10.3. The zero-order chi connectivity index (χ0) is 22.4. The molecule has 0 radical (unpaired) electrons. The number of furan rings is 1. The van der Waals surface area contributed by atoms with E-state index < -0.39 is 17.7 Å². The maximum absolute atomic E-state index is 13.1. The maximum Gasteiger partial charge on any atom is 0.296 e. The number of aliphatic hydroxyl groups excluding tert-OH is 1. The van der Waals surface area contributed by atoms with E-state index in [1.165, 1.54) is 23.3 Å². The fraction of sp³-hybridized carbons (Fsp3) is 0.200. The second-order valence-electron chi connectivity index (χ2n) is 8.06. The van der Waals surface area contributed by atoms with Gasteiger partial charge in [-0.15, -0.1) is 0 Å². The molecule has 2 aromatic carbocycles. The lowest BCUT2D eigenvalue weighted by molar-refractivity contribution is -0.140. The molecular weight excluding hydrogens is 410 g/mol. The summed E-state index contributed by atoms with van der Waals surface area (Å²) >= 11 is 0. The minimum absolute atomic E-state index is 0.00486. The summed E-state index contributed by atoms with van der Waals surface area (Å²) in [6, 6.07) is 14.1. The number of amides is 1. The third-order valence-corrected chi connectivity index (χ3v) is 5.80. The number of aliphatic hydroxyl groups is 1. The van der Waals surface area contributed by atoms with Gasteiger partial charge < -0.3 is 24.3 Å². The van der Waals surface area contributed by atoms with Gasteiger partial charge in [0.15, 0.2) is 0 Å². The van der Waals surface area contributed by atoms with Crippen LogP contribution >= 0.6 is 0 Å². The lowest BCUT2D eigenvalue weighted by Crippen LogP contribution is -2.29. The fourth-order valence-electron chi connectivity index (χ4n) is 4.38. The second-order valence-corrected chi connectivity index (χ2v) is 8.06. The molecule has 0 saturated carbocycles. The first-order valence-corrected chi connectivity index (χ1v) is 10.3. The van der Waals surface area contributed by atoms with Gasteiger partial charge in [-0.3, -0.25) is 9.59 Å². The molecular formula is C25H21NO6. The summed E-state index contributed by atoms with van der Waals surface area (Å²) in [5, 5.41) is 21.2. The number of likely N-dealkylation sites (tertiary alicyclic amines) is 1. The van der Waals surface area contributed by atoms with Gasteiger partial charge in [0.05, 0.1) is 24.4 Å². The highest BCUT2D eigenvalue weighted by Gasteiger charge is 2.46. The summed E-state index contributed by atoms with van der Waals surface area (Å²) < 4.78 is 11.1. The largest absolute Gasteiger partial charge is 0.508 e. The number of aromatic hydroxyl groups is 1. The monoisotopic (exact) mass is 431 g/mol. The molecule has 2 atom stereocenters. The molecule has 1 aromatic heterocycles. The minimum atomic E-state index is -0.879. The Morgan fingerprint density at radius 3 is 2.72 bits per heavy atom. The number of ketones is 1. The number of phenolic OH excluding ortho intramolecular Hbond substituents is 1. The smallest absolute Gasteiger partial charge is 0.296 e. The fourth-order valence-corrected chi connectivity index (χ4v) is 4.38. The predicted molar refractivity (Wildman–Crippen MR) is 115 cm³/mol. The van der Waals surface area contributed by atoms with Crippen LogP contribution in [0.1, 0.15) is 35.4 Å². The Morgan fingerprint density at radius 1 is 1.12 bits per heavy atom. The third kappa shape index (κ3) is 3.32. The van der Waals surface area contributed by atoms with Crippen molar-refractivity contribution in [3.05, 3.63) is 88.9 Å². The van der Waals surface area contributed by atoms with E-state index in [0.29, 0.717) is 23.3 Å². The number of ether oxygens (including phenoxy) is 1. The normalized spacial score (nSPS) is 21.6. The van der Waals surface area contributed by atoms with Gasteiger partial charge >= 0.3 is 0 Å². The number of fused-ring (bicyclic) bond motifs is 1. The van der Waals surface area contributed by atoms with Crippen molar-refractivity contribution in [2.45, 2.75) is 32.0 Å². The summed E-state index contributed by atoms with van der Waals surface area (Å²) in [6.07, 6.45) is 2.22. The van der Waals surface area contributed by atoms with Crippen molar-refractivity contribution >= 4 is 17.4 Å². The molecule has 0 spiro atoms. The van der Waals surface area contributed by atoms with Crippen LogP contribution in [0.2, 0.25) is 0 Å². The van der Waals surface area contributed by atoms with E-state index in [2.05, 4.69) is 0 Å². The lowest BCUT2D eigenvalue weighted by atomic mass is 9.94. The van der Waals surface area contributed by atoms with Gasteiger partial charge in [-0.2, -0.15) is 0 Å². The molecule has 3 heterocycles. The van der Waals surface area contributed by atoms with Crippen LogP contribution in [0.4, 0.5) is 0 Å². The van der Waals surface area contributed by atoms with E-state index in [4.69, 9.17) is 9.15 Å². The molecule has 2 aliphatic heterocycles. The first kappa shape index (κ1) is 19.9. The highest BCUT2D eigenvalue weighted by atomic mass is 16.5. The van der Waals surface area contributed by atoms with Crippen molar-refractivity contribution in [3.8, 4) is 11.5 Å². The standard InChI is InChI=1S/C25H21NO6/c1-14-10-17-11-16(7-8-20(17)32-14)23(28)21-22(15-4-2-5-18(27)12-15)26(25(30)24(21)29)13-19-6-3-9-31-19/h2-9,11-12,14,22,27-28H,10,13H2,1H3/t14-,22-/m1/s1. The van der Waals surface area contributed by atoms with Gasteiger partial charge in [-0.1, -0.05) is 12.1 Å². The summed E-state index contributed by atoms with van der Waals surface area (Å²) in [5.74, 6) is -0.546. The predicted octanol–water partition coefficient (Wildman–Crippen LogP) is 3.93. The topological polar surface area (TPSA) is 100 Å². The molecule has 0 aliphatic carbocycles. The van der Waals surface area contributed by atoms with Crippen molar-refractivity contribution in [1.82, 2.24) is 4.90 Å². The van der Waals surface area contributed by atoms with Gasteiger partial charge in [0.1, 0.15) is 29.1 Å². The summed E-state index contributed by atoms with van der Waals surface area (Å²) in [5.41, 5.74) is 1.84. The molecule has 2 N–H and O–H groups in total. The molecule has 162 valence electrons. The highest BCUT2D eigenvalue weighted by Crippen LogP contribution is 2.42. The number of hydrogen-bond acceptors (Lipinski definition) is 6. The van der Waals surface area contributed by atoms with Crippen molar-refractivity contribution in [2.24, 2.45) is 0 Å². The molecule has 3 aromatic rings. The Labute approximate surface area is 184 Å². The molecule has 7 nitrogen and oxygen atoms in total. The van der Waals surface area contributed by atoms with E-state index >= 15 is 0 Å². The van der Waals surface area contributed by atoms with Crippen LogP contribution in [0.5, 0.6) is 11.5 Å². The van der Waals surface area contributed by atoms with E-state index in [1.807, 2.05) is 6.92 Å². The van der Waals surface area contributed by atoms with Crippen molar-refractivity contribution in [2.75, 3.05) is 0 Å². The van der Waals surface area contributed by atoms with Crippen LogP contribution in [0.3, 0.4) is 0 Å². The molecule has 0 bridgehead atoms. The van der Waals surface area contributed by atoms with Crippen molar-refractivity contribution < 1.29 is 29.0 Å². The Balaban J connectivity index is 1.64. The molecule has 0 unspecified atom stereocenters. The van der Waals surface area contributed by atoms with Crippen LogP contribution in [0, 0.1) is 0 Å².